The Bertz CT molecular complexity index is 751. The van der Waals surface area contributed by atoms with Gasteiger partial charge in [-0.15, -0.1) is 0 Å². The minimum Gasteiger partial charge on any atom is -0.313 e. The van der Waals surface area contributed by atoms with E-state index < -0.39 is 0 Å². The van der Waals surface area contributed by atoms with E-state index in [4.69, 9.17) is 11.6 Å². The van der Waals surface area contributed by atoms with E-state index in [9.17, 15) is 0 Å². The van der Waals surface area contributed by atoms with Gasteiger partial charge in [-0.05, 0) is 35.9 Å². The van der Waals surface area contributed by atoms with Crippen molar-refractivity contribution in [2.45, 2.75) is 20.0 Å². The highest BCUT2D eigenvalue weighted by Gasteiger charge is 2.06. The fourth-order valence-electron chi connectivity index (χ4n) is 2.31. The maximum absolute atomic E-state index is 6.02. The predicted molar refractivity (Wildman–Crippen MR) is 85.5 cm³/mol. The van der Waals surface area contributed by atoms with Crippen LogP contribution in [0.25, 0.3) is 11.0 Å². The lowest BCUT2D eigenvalue weighted by Crippen LogP contribution is -2.11. The molecule has 0 saturated heterocycles. The van der Waals surface area contributed by atoms with Crippen LogP contribution in [0.15, 0.2) is 42.7 Å². The molecule has 3 rings (SSSR count). The molecule has 0 atom stereocenters. The van der Waals surface area contributed by atoms with Crippen molar-refractivity contribution in [1.82, 2.24) is 20.1 Å². The minimum absolute atomic E-state index is 0.670. The van der Waals surface area contributed by atoms with Crippen LogP contribution < -0.4 is 5.32 Å². The zero-order chi connectivity index (χ0) is 14.7. The number of fused-ring (bicyclic) bond motifs is 1. The molecule has 0 amide bonds. The first-order valence-electron chi connectivity index (χ1n) is 7.02. The maximum atomic E-state index is 6.02. The van der Waals surface area contributed by atoms with Crippen molar-refractivity contribution in [2.24, 2.45) is 0 Å². The topological polar surface area (TPSA) is 42.7 Å². The van der Waals surface area contributed by atoms with Gasteiger partial charge in [0.2, 0.25) is 0 Å². The van der Waals surface area contributed by atoms with Gasteiger partial charge < -0.3 is 5.32 Å². The van der Waals surface area contributed by atoms with Gasteiger partial charge in [-0.25, -0.2) is 9.67 Å². The number of nitrogens with one attached hydrogen (secondary N) is 1. The van der Waals surface area contributed by atoms with Crippen LogP contribution in [0.4, 0.5) is 0 Å². The lowest BCUT2D eigenvalue weighted by molar-refractivity contribution is 0.702. The van der Waals surface area contributed by atoms with Crippen LogP contribution >= 0.6 is 11.6 Å². The molecule has 0 fully saturated rings. The normalized spacial score (nSPS) is 11.1. The van der Waals surface area contributed by atoms with Crippen molar-refractivity contribution in [3.05, 3.63) is 58.9 Å². The third-order valence-electron chi connectivity index (χ3n) is 3.33. The van der Waals surface area contributed by atoms with Gasteiger partial charge in [0.1, 0.15) is 0 Å². The van der Waals surface area contributed by atoms with Crippen LogP contribution in [0.5, 0.6) is 0 Å². The zero-order valence-corrected chi connectivity index (χ0v) is 12.6. The number of hydrogen-bond donors (Lipinski definition) is 1. The Hall–Kier alpha value is -1.91. The summed E-state index contributed by atoms with van der Waals surface area (Å²) in [7, 11) is 0. The molecule has 2 aromatic heterocycles. The highest BCUT2D eigenvalue weighted by molar-refractivity contribution is 6.30. The second kappa shape index (κ2) is 6.24. The summed E-state index contributed by atoms with van der Waals surface area (Å²) in [6.07, 6.45) is 3.77. The van der Waals surface area contributed by atoms with Gasteiger partial charge in [0.05, 0.1) is 12.7 Å². The van der Waals surface area contributed by atoms with E-state index in [1.54, 1.807) is 0 Å². The largest absolute Gasteiger partial charge is 0.313 e. The highest BCUT2D eigenvalue weighted by atomic mass is 35.5. The highest BCUT2D eigenvalue weighted by Crippen LogP contribution is 2.16. The fraction of sp³-hybridized carbons (Fsp3) is 0.250. The van der Waals surface area contributed by atoms with Gasteiger partial charge in [0, 0.05) is 23.2 Å². The van der Waals surface area contributed by atoms with Gasteiger partial charge in [-0.3, -0.25) is 0 Å². The van der Waals surface area contributed by atoms with E-state index in [0.717, 1.165) is 34.7 Å². The monoisotopic (exact) mass is 300 g/mol. The number of pyridine rings is 1. The molecule has 0 radical (unpaired) electrons. The summed E-state index contributed by atoms with van der Waals surface area (Å²) in [4.78, 5) is 4.54. The van der Waals surface area contributed by atoms with Gasteiger partial charge in [-0.2, -0.15) is 5.10 Å². The molecule has 5 heteroatoms. The first-order valence-corrected chi connectivity index (χ1v) is 7.39. The standard InChI is InChI=1S/C16H17ClN4/c1-2-18-8-13-6-14-10-20-21(16(14)19-9-13)11-12-4-3-5-15(17)7-12/h3-7,9-10,18H,2,8,11H2,1H3. The summed E-state index contributed by atoms with van der Waals surface area (Å²) >= 11 is 6.02. The lowest BCUT2D eigenvalue weighted by Gasteiger charge is -2.05. The Morgan fingerprint density at radius 1 is 1.19 bits per heavy atom. The number of hydrogen-bond acceptors (Lipinski definition) is 3. The molecule has 1 N–H and O–H groups in total. The fourth-order valence-corrected chi connectivity index (χ4v) is 2.52. The molecule has 1 aromatic carbocycles. The van der Waals surface area contributed by atoms with E-state index in [1.165, 1.54) is 5.56 Å². The lowest BCUT2D eigenvalue weighted by atomic mass is 10.2. The minimum atomic E-state index is 0.670. The molecule has 0 aliphatic rings. The van der Waals surface area contributed by atoms with Crippen molar-refractivity contribution in [1.29, 1.82) is 0 Å². The molecular formula is C16H17ClN4. The molecule has 0 unspecified atom stereocenters. The third-order valence-corrected chi connectivity index (χ3v) is 3.57. The van der Waals surface area contributed by atoms with E-state index in [1.807, 2.05) is 41.3 Å². The molecule has 0 bridgehead atoms. The van der Waals surface area contributed by atoms with Crippen LogP contribution in [0.3, 0.4) is 0 Å². The average Bonchev–Trinajstić information content (AvgIpc) is 2.87. The summed E-state index contributed by atoms with van der Waals surface area (Å²) in [6.45, 7) is 4.55. The van der Waals surface area contributed by atoms with Crippen molar-refractivity contribution in [3.63, 3.8) is 0 Å². The Kier molecular flexibility index (Phi) is 4.18. The SMILES string of the molecule is CCNCc1cnc2c(cnn2Cc2cccc(Cl)c2)c1. The van der Waals surface area contributed by atoms with Crippen LogP contribution in [-0.2, 0) is 13.1 Å². The number of rotatable bonds is 5. The zero-order valence-electron chi connectivity index (χ0n) is 11.9. The summed E-state index contributed by atoms with van der Waals surface area (Å²) in [5, 5.41) is 9.54. The third kappa shape index (κ3) is 3.23. The summed E-state index contributed by atoms with van der Waals surface area (Å²) in [6, 6.07) is 9.95. The first kappa shape index (κ1) is 14.0. The molecule has 0 aliphatic carbocycles. The van der Waals surface area contributed by atoms with Gasteiger partial charge in [-0.1, -0.05) is 30.7 Å². The average molecular weight is 301 g/mol. The smallest absolute Gasteiger partial charge is 0.158 e. The van der Waals surface area contributed by atoms with Crippen molar-refractivity contribution < 1.29 is 0 Å². The van der Waals surface area contributed by atoms with Gasteiger partial charge in [0.15, 0.2) is 5.65 Å². The number of aromatic nitrogens is 3. The molecule has 0 spiro atoms. The van der Waals surface area contributed by atoms with Crippen molar-refractivity contribution >= 4 is 22.6 Å². The Balaban J connectivity index is 1.86. The maximum Gasteiger partial charge on any atom is 0.158 e. The molecule has 3 aromatic rings. The quantitative estimate of drug-likeness (QED) is 0.786. The Labute approximate surface area is 128 Å². The Morgan fingerprint density at radius 2 is 2.10 bits per heavy atom. The predicted octanol–water partition coefficient (Wildman–Crippen LogP) is 3.24. The summed E-state index contributed by atoms with van der Waals surface area (Å²) in [5.41, 5.74) is 3.19. The first-order chi connectivity index (χ1) is 10.3. The van der Waals surface area contributed by atoms with Crippen LogP contribution in [-0.4, -0.2) is 21.3 Å². The second-order valence-corrected chi connectivity index (χ2v) is 5.41. The molecule has 2 heterocycles. The van der Waals surface area contributed by atoms with Gasteiger partial charge >= 0.3 is 0 Å². The molecule has 21 heavy (non-hydrogen) atoms. The number of halogens is 1. The summed E-state index contributed by atoms with van der Waals surface area (Å²) in [5.74, 6) is 0. The van der Waals surface area contributed by atoms with Crippen LogP contribution in [0.2, 0.25) is 5.02 Å². The molecule has 4 nitrogen and oxygen atoms in total. The molecule has 0 aliphatic heterocycles. The number of nitrogens with zero attached hydrogens (tertiary/aromatic N) is 3. The molecule has 0 saturated carbocycles. The van der Waals surface area contributed by atoms with Gasteiger partial charge in [0.25, 0.3) is 0 Å². The molecule has 108 valence electrons. The van der Waals surface area contributed by atoms with E-state index in [0.29, 0.717) is 6.54 Å². The van der Waals surface area contributed by atoms with E-state index in [-0.39, 0.29) is 0 Å². The van der Waals surface area contributed by atoms with Crippen molar-refractivity contribution in [2.75, 3.05) is 6.54 Å². The van der Waals surface area contributed by atoms with Crippen molar-refractivity contribution in [3.8, 4) is 0 Å². The number of benzene rings is 1. The molecular weight excluding hydrogens is 284 g/mol. The van der Waals surface area contributed by atoms with Crippen LogP contribution in [0, 0.1) is 0 Å². The van der Waals surface area contributed by atoms with E-state index in [2.05, 4.69) is 28.4 Å². The summed E-state index contributed by atoms with van der Waals surface area (Å²) < 4.78 is 1.90. The Morgan fingerprint density at radius 3 is 2.90 bits per heavy atom. The van der Waals surface area contributed by atoms with Crippen LogP contribution in [0.1, 0.15) is 18.1 Å². The second-order valence-electron chi connectivity index (χ2n) is 4.97. The van der Waals surface area contributed by atoms with E-state index >= 15 is 0 Å².